The molecule has 1 aromatic heterocycles. The first kappa shape index (κ1) is 13.7. The fourth-order valence-electron chi connectivity index (χ4n) is 1.27. The molecule has 9 heteroatoms. The van der Waals surface area contributed by atoms with Crippen LogP contribution in [0.1, 0.15) is 0 Å². The molecule has 5 nitrogen and oxygen atoms in total. The number of halogens is 4. The first-order valence-corrected chi connectivity index (χ1v) is 5.73. The van der Waals surface area contributed by atoms with Gasteiger partial charge in [-0.2, -0.15) is 4.98 Å². The Kier molecular flexibility index (Phi) is 3.65. The molecule has 0 bridgehead atoms. The van der Waals surface area contributed by atoms with E-state index in [0.717, 1.165) is 6.07 Å². The minimum absolute atomic E-state index is 0.135. The second kappa shape index (κ2) is 5.08. The van der Waals surface area contributed by atoms with Crippen LogP contribution in [0.25, 0.3) is 0 Å². The normalized spacial score (nSPS) is 11.4. The third kappa shape index (κ3) is 3.85. The predicted octanol–water partition coefficient (Wildman–Crippen LogP) is 3.27. The van der Waals surface area contributed by atoms with Crippen molar-refractivity contribution in [2.24, 2.45) is 7.05 Å². The molecule has 2 rings (SSSR count). The van der Waals surface area contributed by atoms with Crippen LogP contribution in [0.3, 0.4) is 0 Å². The van der Waals surface area contributed by atoms with Crippen molar-refractivity contribution in [3.8, 4) is 17.5 Å². The topological polar surface area (TPSA) is 49.2 Å². The predicted molar refractivity (Wildman–Crippen MR) is 61.9 cm³/mol. The average molecular weight is 338 g/mol. The molecule has 0 radical (unpaired) electrons. The lowest BCUT2D eigenvalue weighted by Gasteiger charge is -2.10. The number of benzene rings is 1. The first-order valence-electron chi connectivity index (χ1n) is 4.94. The van der Waals surface area contributed by atoms with Crippen LogP contribution < -0.4 is 9.47 Å². The van der Waals surface area contributed by atoms with Crippen molar-refractivity contribution in [1.82, 2.24) is 14.8 Å². The van der Waals surface area contributed by atoms with Gasteiger partial charge in [0.05, 0.1) is 0 Å². The van der Waals surface area contributed by atoms with Crippen molar-refractivity contribution in [2.45, 2.75) is 6.36 Å². The van der Waals surface area contributed by atoms with Crippen LogP contribution in [-0.2, 0) is 7.05 Å². The van der Waals surface area contributed by atoms with Gasteiger partial charge in [-0.1, -0.05) is 6.07 Å². The van der Waals surface area contributed by atoms with E-state index in [2.05, 4.69) is 30.7 Å². The van der Waals surface area contributed by atoms with Gasteiger partial charge in [-0.15, -0.1) is 18.3 Å². The molecule has 19 heavy (non-hydrogen) atoms. The summed E-state index contributed by atoms with van der Waals surface area (Å²) < 4.78 is 46.9. The number of nitrogens with zero attached hydrogens (tertiary/aromatic N) is 3. The van der Waals surface area contributed by atoms with Crippen molar-refractivity contribution in [2.75, 3.05) is 0 Å². The fraction of sp³-hybridized carbons (Fsp3) is 0.200. The van der Waals surface area contributed by atoms with Crippen LogP contribution >= 0.6 is 15.9 Å². The maximum absolute atomic E-state index is 12.1. The summed E-state index contributed by atoms with van der Waals surface area (Å²) in [6.45, 7) is 0. The zero-order valence-corrected chi connectivity index (χ0v) is 11.1. The number of hydrogen-bond donors (Lipinski definition) is 0. The zero-order chi connectivity index (χ0) is 14.0. The second-order valence-electron chi connectivity index (χ2n) is 3.41. The SMILES string of the molecule is Cn1nc(Br)nc1Oc1cccc(OC(F)(F)F)c1. The third-order valence-corrected chi connectivity index (χ3v) is 2.28. The molecule has 0 fully saturated rings. The molecule has 0 aliphatic carbocycles. The van der Waals surface area contributed by atoms with Crippen LogP contribution in [0.5, 0.6) is 17.5 Å². The summed E-state index contributed by atoms with van der Waals surface area (Å²) in [5.41, 5.74) is 0. The van der Waals surface area contributed by atoms with E-state index < -0.39 is 6.36 Å². The molecule has 0 N–H and O–H groups in total. The highest BCUT2D eigenvalue weighted by Gasteiger charge is 2.31. The summed E-state index contributed by atoms with van der Waals surface area (Å²) in [5, 5.41) is 3.88. The number of ether oxygens (including phenoxy) is 2. The Labute approximate surface area is 114 Å². The summed E-state index contributed by atoms with van der Waals surface area (Å²) in [7, 11) is 1.59. The molecule has 0 amide bonds. The minimum Gasteiger partial charge on any atom is -0.424 e. The maximum Gasteiger partial charge on any atom is 0.573 e. The van der Waals surface area contributed by atoms with E-state index in [0.29, 0.717) is 4.73 Å². The van der Waals surface area contributed by atoms with Crippen molar-refractivity contribution in [3.63, 3.8) is 0 Å². The summed E-state index contributed by atoms with van der Waals surface area (Å²) in [4.78, 5) is 3.89. The summed E-state index contributed by atoms with van der Waals surface area (Å²) >= 11 is 3.05. The molecule has 0 saturated carbocycles. The van der Waals surface area contributed by atoms with Crippen LogP contribution in [0.15, 0.2) is 29.0 Å². The molecule has 102 valence electrons. The van der Waals surface area contributed by atoms with E-state index in [4.69, 9.17) is 4.74 Å². The summed E-state index contributed by atoms with van der Waals surface area (Å²) in [6.07, 6.45) is -4.74. The van der Waals surface area contributed by atoms with E-state index in [-0.39, 0.29) is 17.5 Å². The van der Waals surface area contributed by atoms with Crippen LogP contribution in [0.2, 0.25) is 0 Å². The lowest BCUT2D eigenvalue weighted by molar-refractivity contribution is -0.274. The standard InChI is InChI=1S/C10H7BrF3N3O2/c1-17-9(15-8(11)16-17)18-6-3-2-4-7(5-6)19-10(12,13)14/h2-5H,1H3. The molecular formula is C10H7BrF3N3O2. The van der Waals surface area contributed by atoms with Crippen LogP contribution in [0, 0.1) is 0 Å². The monoisotopic (exact) mass is 337 g/mol. The number of hydrogen-bond acceptors (Lipinski definition) is 4. The molecule has 0 unspecified atom stereocenters. The van der Waals surface area contributed by atoms with Crippen molar-refractivity contribution >= 4 is 15.9 Å². The molecule has 0 aliphatic heterocycles. The summed E-state index contributed by atoms with van der Waals surface area (Å²) in [5.74, 6) is -0.212. The molecule has 1 aromatic carbocycles. The molecular weight excluding hydrogens is 331 g/mol. The molecule has 0 atom stereocenters. The Balaban J connectivity index is 2.17. The van der Waals surface area contributed by atoms with Crippen molar-refractivity contribution in [1.29, 1.82) is 0 Å². The van der Waals surface area contributed by atoms with Crippen LogP contribution in [-0.4, -0.2) is 21.1 Å². The van der Waals surface area contributed by atoms with E-state index >= 15 is 0 Å². The molecule has 1 heterocycles. The van der Waals surface area contributed by atoms with Gasteiger partial charge >= 0.3 is 12.4 Å². The highest BCUT2D eigenvalue weighted by molar-refractivity contribution is 9.10. The van der Waals surface area contributed by atoms with Gasteiger partial charge in [-0.3, -0.25) is 0 Å². The maximum atomic E-state index is 12.1. The fourth-order valence-corrected chi connectivity index (χ4v) is 1.66. The number of rotatable bonds is 3. The lowest BCUT2D eigenvalue weighted by Crippen LogP contribution is -2.17. The Bertz CT molecular complexity index is 586. The second-order valence-corrected chi connectivity index (χ2v) is 4.12. The van der Waals surface area contributed by atoms with Gasteiger partial charge in [0, 0.05) is 13.1 Å². The Morgan fingerprint density at radius 2 is 1.95 bits per heavy atom. The van der Waals surface area contributed by atoms with Gasteiger partial charge in [0.1, 0.15) is 11.5 Å². The molecule has 2 aromatic rings. The average Bonchev–Trinajstić information content (AvgIpc) is 2.55. The Morgan fingerprint density at radius 3 is 2.53 bits per heavy atom. The van der Waals surface area contributed by atoms with Gasteiger partial charge < -0.3 is 9.47 Å². The van der Waals surface area contributed by atoms with Gasteiger partial charge in [0.25, 0.3) is 0 Å². The number of alkyl halides is 3. The summed E-state index contributed by atoms with van der Waals surface area (Å²) in [6, 6.07) is 5.27. The highest BCUT2D eigenvalue weighted by Crippen LogP contribution is 2.28. The number of aryl methyl sites for hydroxylation is 1. The Morgan fingerprint density at radius 1 is 1.26 bits per heavy atom. The van der Waals surface area contributed by atoms with Crippen molar-refractivity contribution in [3.05, 3.63) is 29.0 Å². The van der Waals surface area contributed by atoms with Gasteiger partial charge in [0.15, 0.2) is 0 Å². The molecule has 0 aliphatic rings. The Hall–Kier alpha value is -1.77. The number of aromatic nitrogens is 3. The van der Waals surface area contributed by atoms with E-state index in [1.54, 1.807) is 7.05 Å². The van der Waals surface area contributed by atoms with E-state index in [9.17, 15) is 13.2 Å². The van der Waals surface area contributed by atoms with Crippen molar-refractivity contribution < 1.29 is 22.6 Å². The van der Waals surface area contributed by atoms with E-state index in [1.165, 1.54) is 22.9 Å². The molecule has 0 spiro atoms. The largest absolute Gasteiger partial charge is 0.573 e. The molecule has 0 saturated heterocycles. The first-order chi connectivity index (χ1) is 8.83. The minimum atomic E-state index is -4.74. The zero-order valence-electron chi connectivity index (χ0n) is 9.48. The third-order valence-electron chi connectivity index (χ3n) is 1.95. The lowest BCUT2D eigenvalue weighted by atomic mass is 10.3. The highest BCUT2D eigenvalue weighted by atomic mass is 79.9. The smallest absolute Gasteiger partial charge is 0.424 e. The van der Waals surface area contributed by atoms with Crippen LogP contribution in [0.4, 0.5) is 13.2 Å². The van der Waals surface area contributed by atoms with Gasteiger partial charge in [-0.05, 0) is 28.1 Å². The van der Waals surface area contributed by atoms with E-state index in [1.807, 2.05) is 0 Å². The van der Waals surface area contributed by atoms with Gasteiger partial charge in [0.2, 0.25) is 4.73 Å². The van der Waals surface area contributed by atoms with Gasteiger partial charge in [-0.25, -0.2) is 4.68 Å². The quantitative estimate of drug-likeness (QED) is 0.862.